The molecule has 0 aromatic heterocycles. The summed E-state index contributed by atoms with van der Waals surface area (Å²) >= 11 is 0. The van der Waals surface area contributed by atoms with Gasteiger partial charge < -0.3 is 9.47 Å². The van der Waals surface area contributed by atoms with Crippen molar-refractivity contribution in [3.8, 4) is 11.5 Å². The molecule has 1 aromatic carbocycles. The van der Waals surface area contributed by atoms with E-state index in [0.29, 0.717) is 11.5 Å². The summed E-state index contributed by atoms with van der Waals surface area (Å²) in [7, 11) is -0.487. The van der Waals surface area contributed by atoms with E-state index in [1.54, 1.807) is 19.1 Å². The summed E-state index contributed by atoms with van der Waals surface area (Å²) in [6.07, 6.45) is 0. The number of nitrogens with one attached hydrogen (secondary N) is 1. The quantitative estimate of drug-likeness (QED) is 0.883. The smallest absolute Gasteiger partial charge is 0.279 e. The fourth-order valence-electron chi connectivity index (χ4n) is 1.58. The van der Waals surface area contributed by atoms with Crippen molar-refractivity contribution in [2.75, 3.05) is 20.9 Å². The number of rotatable bonds is 4. The van der Waals surface area contributed by atoms with Crippen LogP contribution in [0.25, 0.3) is 0 Å². The molecule has 1 atom stereocenters. The fourth-order valence-corrected chi connectivity index (χ4v) is 2.37. The number of benzene rings is 1. The van der Waals surface area contributed by atoms with E-state index in [0.717, 1.165) is 9.87 Å². The molecule has 1 heterocycles. The summed E-state index contributed by atoms with van der Waals surface area (Å²) in [5, 5.41) is 0. The van der Waals surface area contributed by atoms with Gasteiger partial charge in [0.25, 0.3) is 10.2 Å². The van der Waals surface area contributed by atoms with Gasteiger partial charge in [-0.15, -0.1) is 0 Å². The molecule has 1 aromatic rings. The van der Waals surface area contributed by atoms with Gasteiger partial charge in [0.1, 0.15) is 0 Å². The third kappa shape index (κ3) is 2.58. The molecule has 6 nitrogen and oxygen atoms in total. The van der Waals surface area contributed by atoms with E-state index in [2.05, 4.69) is 4.72 Å². The highest BCUT2D eigenvalue weighted by Gasteiger charge is 2.20. The third-order valence-electron chi connectivity index (χ3n) is 2.70. The standard InChI is InChI=1S/C11H16N2O4S/c1-8(12-18(14,15)13(2)3)9-4-5-10-11(6-9)17-7-16-10/h4-6,8,12H,7H2,1-3H3. The van der Waals surface area contributed by atoms with Crippen LogP contribution in [-0.2, 0) is 10.2 Å². The lowest BCUT2D eigenvalue weighted by atomic mass is 10.1. The molecule has 100 valence electrons. The predicted molar refractivity (Wildman–Crippen MR) is 66.7 cm³/mol. The highest BCUT2D eigenvalue weighted by Crippen LogP contribution is 2.34. The van der Waals surface area contributed by atoms with Gasteiger partial charge in [-0.1, -0.05) is 6.07 Å². The van der Waals surface area contributed by atoms with Gasteiger partial charge in [0.05, 0.1) is 0 Å². The minimum Gasteiger partial charge on any atom is -0.454 e. The summed E-state index contributed by atoms with van der Waals surface area (Å²) in [6.45, 7) is 1.98. The van der Waals surface area contributed by atoms with Crippen LogP contribution in [0.2, 0.25) is 0 Å². The van der Waals surface area contributed by atoms with Crippen molar-refractivity contribution in [2.24, 2.45) is 0 Å². The first-order valence-corrected chi connectivity index (χ1v) is 6.93. The highest BCUT2D eigenvalue weighted by molar-refractivity contribution is 7.87. The van der Waals surface area contributed by atoms with Crippen molar-refractivity contribution in [3.05, 3.63) is 23.8 Å². The number of hydrogen-bond acceptors (Lipinski definition) is 4. The first-order valence-electron chi connectivity index (χ1n) is 5.49. The zero-order valence-electron chi connectivity index (χ0n) is 10.5. The Morgan fingerprint density at radius 3 is 2.61 bits per heavy atom. The average Bonchev–Trinajstić information content (AvgIpc) is 2.74. The molecule has 2 rings (SSSR count). The lowest BCUT2D eigenvalue weighted by Crippen LogP contribution is -2.37. The van der Waals surface area contributed by atoms with Crippen LogP contribution in [0.3, 0.4) is 0 Å². The van der Waals surface area contributed by atoms with Gasteiger partial charge in [-0.3, -0.25) is 0 Å². The molecule has 0 saturated carbocycles. The summed E-state index contributed by atoms with van der Waals surface area (Å²) < 4.78 is 37.6. The maximum atomic E-state index is 11.7. The molecular weight excluding hydrogens is 256 g/mol. The number of fused-ring (bicyclic) bond motifs is 1. The van der Waals surface area contributed by atoms with E-state index in [9.17, 15) is 8.42 Å². The molecule has 0 aliphatic carbocycles. The molecule has 0 radical (unpaired) electrons. The van der Waals surface area contributed by atoms with Gasteiger partial charge in [0, 0.05) is 20.1 Å². The van der Waals surface area contributed by atoms with E-state index in [1.165, 1.54) is 14.1 Å². The van der Waals surface area contributed by atoms with Crippen LogP contribution < -0.4 is 14.2 Å². The topological polar surface area (TPSA) is 67.9 Å². The number of hydrogen-bond donors (Lipinski definition) is 1. The monoisotopic (exact) mass is 272 g/mol. The Bertz CT molecular complexity index is 542. The Morgan fingerprint density at radius 2 is 1.94 bits per heavy atom. The lowest BCUT2D eigenvalue weighted by molar-refractivity contribution is 0.174. The average molecular weight is 272 g/mol. The molecule has 0 saturated heterocycles. The third-order valence-corrected chi connectivity index (χ3v) is 4.32. The van der Waals surface area contributed by atoms with Gasteiger partial charge in [0.2, 0.25) is 6.79 Å². The number of ether oxygens (including phenoxy) is 2. The van der Waals surface area contributed by atoms with Crippen LogP contribution in [-0.4, -0.2) is 33.6 Å². The molecule has 1 unspecified atom stereocenters. The van der Waals surface area contributed by atoms with Gasteiger partial charge in [0.15, 0.2) is 11.5 Å². The summed E-state index contributed by atoms with van der Waals surface area (Å²) in [6, 6.07) is 5.03. The molecule has 0 bridgehead atoms. The summed E-state index contributed by atoms with van der Waals surface area (Å²) in [4.78, 5) is 0. The van der Waals surface area contributed by atoms with E-state index in [1.807, 2.05) is 6.07 Å². The summed E-state index contributed by atoms with van der Waals surface area (Å²) in [5.41, 5.74) is 0.824. The Hall–Kier alpha value is -1.31. The minimum atomic E-state index is -3.45. The van der Waals surface area contributed by atoms with E-state index < -0.39 is 10.2 Å². The minimum absolute atomic E-state index is 0.205. The van der Waals surface area contributed by atoms with Crippen molar-refractivity contribution in [2.45, 2.75) is 13.0 Å². The molecule has 1 N–H and O–H groups in total. The van der Waals surface area contributed by atoms with Crippen molar-refractivity contribution in [1.82, 2.24) is 9.03 Å². The molecule has 0 amide bonds. The SMILES string of the molecule is CC(NS(=O)(=O)N(C)C)c1ccc2c(c1)OCO2. The zero-order valence-corrected chi connectivity index (χ0v) is 11.3. The van der Waals surface area contributed by atoms with Crippen LogP contribution in [0.1, 0.15) is 18.5 Å². The second-order valence-electron chi connectivity index (χ2n) is 4.24. The van der Waals surface area contributed by atoms with Crippen molar-refractivity contribution in [3.63, 3.8) is 0 Å². The van der Waals surface area contributed by atoms with E-state index >= 15 is 0 Å². The first kappa shape index (κ1) is 13.1. The van der Waals surface area contributed by atoms with Gasteiger partial charge in [-0.25, -0.2) is 0 Å². The molecule has 1 aliphatic rings. The molecule has 0 spiro atoms. The maximum absolute atomic E-state index is 11.7. The van der Waals surface area contributed by atoms with Crippen LogP contribution in [0.5, 0.6) is 11.5 Å². The Balaban J connectivity index is 2.17. The number of nitrogens with zero attached hydrogens (tertiary/aromatic N) is 1. The zero-order chi connectivity index (χ0) is 13.3. The highest BCUT2D eigenvalue weighted by atomic mass is 32.2. The predicted octanol–water partition coefficient (Wildman–Crippen LogP) is 0.872. The largest absolute Gasteiger partial charge is 0.454 e. The van der Waals surface area contributed by atoms with Gasteiger partial charge >= 0.3 is 0 Å². The van der Waals surface area contributed by atoms with Crippen LogP contribution >= 0.6 is 0 Å². The Morgan fingerprint density at radius 1 is 1.28 bits per heavy atom. The Labute approximate surface area is 107 Å². The molecule has 7 heteroatoms. The van der Waals surface area contributed by atoms with E-state index in [-0.39, 0.29) is 12.8 Å². The van der Waals surface area contributed by atoms with Crippen molar-refractivity contribution in [1.29, 1.82) is 0 Å². The van der Waals surface area contributed by atoms with Crippen LogP contribution in [0.4, 0.5) is 0 Å². The van der Waals surface area contributed by atoms with Gasteiger partial charge in [-0.2, -0.15) is 17.4 Å². The van der Waals surface area contributed by atoms with Crippen LogP contribution in [0.15, 0.2) is 18.2 Å². The lowest BCUT2D eigenvalue weighted by Gasteiger charge is -2.18. The molecular formula is C11H16N2O4S. The fraction of sp³-hybridized carbons (Fsp3) is 0.455. The Kier molecular flexibility index (Phi) is 3.47. The molecule has 18 heavy (non-hydrogen) atoms. The second-order valence-corrected chi connectivity index (χ2v) is 6.16. The second kappa shape index (κ2) is 4.75. The van der Waals surface area contributed by atoms with Crippen molar-refractivity contribution >= 4 is 10.2 Å². The molecule has 1 aliphatic heterocycles. The van der Waals surface area contributed by atoms with Crippen LogP contribution in [0, 0.1) is 0 Å². The first-order chi connectivity index (χ1) is 8.40. The maximum Gasteiger partial charge on any atom is 0.279 e. The normalized spacial score (nSPS) is 16.0. The van der Waals surface area contributed by atoms with E-state index in [4.69, 9.17) is 9.47 Å². The van der Waals surface area contributed by atoms with Gasteiger partial charge in [-0.05, 0) is 24.6 Å². The molecule has 0 fully saturated rings. The summed E-state index contributed by atoms with van der Waals surface area (Å²) in [5.74, 6) is 1.32. The van der Waals surface area contributed by atoms with Crippen molar-refractivity contribution < 1.29 is 17.9 Å².